The molecule has 0 spiro atoms. The molecule has 0 N–H and O–H groups in total. The molecule has 0 aliphatic carbocycles. The van der Waals surface area contributed by atoms with Gasteiger partial charge in [-0.15, -0.1) is 0 Å². The van der Waals surface area contributed by atoms with E-state index in [-0.39, 0.29) is 11.7 Å². The fourth-order valence-electron chi connectivity index (χ4n) is 2.26. The largest absolute Gasteiger partial charge is 0.407 e. The summed E-state index contributed by atoms with van der Waals surface area (Å²) in [5, 5.41) is 0. The van der Waals surface area contributed by atoms with E-state index in [0.29, 0.717) is 6.61 Å². The lowest BCUT2D eigenvalue weighted by Gasteiger charge is -2.49. The van der Waals surface area contributed by atoms with Crippen LogP contribution in [0.4, 0.5) is 0 Å². The van der Waals surface area contributed by atoms with E-state index in [2.05, 4.69) is 38.7 Å². The van der Waals surface area contributed by atoms with Crippen molar-refractivity contribution in [2.45, 2.75) is 38.3 Å². The Morgan fingerprint density at radius 3 is 2.31 bits per heavy atom. The molecule has 0 amide bonds. The van der Waals surface area contributed by atoms with Gasteiger partial charge in [0.15, 0.2) is 8.32 Å². The minimum absolute atomic E-state index is 0.0976. The average Bonchev–Trinajstić information content (AvgIpc) is 2.15. The van der Waals surface area contributed by atoms with E-state index < -0.39 is 8.32 Å². The topological polar surface area (TPSA) is 18.5 Å². The Morgan fingerprint density at radius 2 is 1.88 bits per heavy atom. The third-order valence-electron chi connectivity index (χ3n) is 2.73. The van der Waals surface area contributed by atoms with Crippen molar-refractivity contribution in [1.29, 1.82) is 0 Å². The highest BCUT2D eigenvalue weighted by Crippen LogP contribution is 2.43. The van der Waals surface area contributed by atoms with Crippen molar-refractivity contribution in [3.63, 3.8) is 0 Å². The zero-order chi connectivity index (χ0) is 11.8. The molecule has 1 saturated heterocycles. The minimum atomic E-state index is -1.52. The highest BCUT2D eigenvalue weighted by Gasteiger charge is 2.48. The monoisotopic (exact) mass is 236 g/mol. The van der Waals surface area contributed by atoms with Crippen LogP contribution < -0.4 is 0 Å². The van der Waals surface area contributed by atoms with E-state index in [0.717, 1.165) is 0 Å². The summed E-state index contributed by atoms with van der Waals surface area (Å²) in [6.07, 6.45) is 0.0976. The maximum atomic E-state index is 6.24. The number of hydrogen-bond donors (Lipinski definition) is 0. The molecule has 1 fully saturated rings. The molecule has 1 aliphatic rings. The van der Waals surface area contributed by atoms with E-state index in [9.17, 15) is 0 Å². The maximum absolute atomic E-state index is 6.24. The molecule has 2 atom stereocenters. The van der Waals surface area contributed by atoms with Crippen molar-refractivity contribution in [3.8, 4) is 0 Å². The summed E-state index contributed by atoms with van der Waals surface area (Å²) in [6.45, 7) is 9.53. The minimum Gasteiger partial charge on any atom is -0.407 e. The third-order valence-corrected chi connectivity index (χ3v) is 3.81. The van der Waals surface area contributed by atoms with Gasteiger partial charge in [-0.3, -0.25) is 0 Å². The summed E-state index contributed by atoms with van der Waals surface area (Å²) in [5.74, 6) is 0. The van der Waals surface area contributed by atoms with Crippen LogP contribution in [0, 0.1) is 0 Å². The number of ether oxygens (including phenoxy) is 1. The molecule has 88 valence electrons. The molecule has 16 heavy (non-hydrogen) atoms. The number of rotatable bonds is 3. The van der Waals surface area contributed by atoms with Crippen molar-refractivity contribution in [2.75, 3.05) is 6.61 Å². The van der Waals surface area contributed by atoms with Crippen LogP contribution >= 0.6 is 0 Å². The molecule has 1 aromatic rings. The Bertz CT molecular complexity index is 358. The Hall–Kier alpha value is -0.643. The fourth-order valence-corrected chi connectivity index (χ4v) is 3.83. The van der Waals surface area contributed by atoms with E-state index in [1.54, 1.807) is 0 Å². The summed E-state index contributed by atoms with van der Waals surface area (Å²) in [5.41, 5.74) is 1.08. The van der Waals surface area contributed by atoms with Gasteiger partial charge in [0.05, 0.1) is 6.61 Å². The van der Waals surface area contributed by atoms with E-state index >= 15 is 0 Å². The van der Waals surface area contributed by atoms with E-state index in [4.69, 9.17) is 9.16 Å². The molecule has 0 radical (unpaired) electrons. The van der Waals surface area contributed by atoms with Crippen LogP contribution in [0.1, 0.15) is 18.6 Å². The van der Waals surface area contributed by atoms with Crippen molar-refractivity contribution in [3.05, 3.63) is 35.9 Å². The lowest BCUT2D eigenvalue weighted by molar-refractivity contribution is -0.221. The molecular formula is C13H20O2Si. The Morgan fingerprint density at radius 1 is 1.25 bits per heavy atom. The fraction of sp³-hybridized carbons (Fsp3) is 0.538. The normalized spacial score (nSPS) is 29.9. The summed E-state index contributed by atoms with van der Waals surface area (Å²) >= 11 is 0. The summed E-state index contributed by atoms with van der Waals surface area (Å²) in [6, 6.07) is 10.3. The SMILES string of the molecule is C[C@]1(O[Si](C)(C)C)CO[C@@H]1c1ccccc1. The van der Waals surface area contributed by atoms with Crippen molar-refractivity contribution in [2.24, 2.45) is 0 Å². The summed E-state index contributed by atoms with van der Waals surface area (Å²) in [7, 11) is -1.52. The zero-order valence-corrected chi connectivity index (χ0v) is 11.5. The van der Waals surface area contributed by atoms with Crippen molar-refractivity contribution in [1.82, 2.24) is 0 Å². The van der Waals surface area contributed by atoms with Gasteiger partial charge in [0.1, 0.15) is 11.7 Å². The lowest BCUT2D eigenvalue weighted by Crippen LogP contribution is -2.56. The van der Waals surface area contributed by atoms with Gasteiger partial charge in [-0.25, -0.2) is 0 Å². The molecule has 2 rings (SSSR count). The summed E-state index contributed by atoms with van der Waals surface area (Å²) < 4.78 is 11.9. The highest BCUT2D eigenvalue weighted by atomic mass is 28.4. The van der Waals surface area contributed by atoms with Crippen molar-refractivity contribution < 1.29 is 9.16 Å². The van der Waals surface area contributed by atoms with Crippen LogP contribution in [0.3, 0.4) is 0 Å². The molecular weight excluding hydrogens is 216 g/mol. The van der Waals surface area contributed by atoms with E-state index in [1.807, 2.05) is 18.2 Å². The number of hydrogen-bond acceptors (Lipinski definition) is 2. The average molecular weight is 236 g/mol. The maximum Gasteiger partial charge on any atom is 0.184 e. The molecule has 2 nitrogen and oxygen atoms in total. The predicted octanol–water partition coefficient (Wildman–Crippen LogP) is 3.37. The Labute approximate surface area is 98.7 Å². The van der Waals surface area contributed by atoms with Crippen LogP contribution in [0.25, 0.3) is 0 Å². The van der Waals surface area contributed by atoms with Gasteiger partial charge in [0.2, 0.25) is 0 Å². The second-order valence-electron chi connectivity index (χ2n) is 5.63. The predicted molar refractivity (Wildman–Crippen MR) is 68.0 cm³/mol. The summed E-state index contributed by atoms with van der Waals surface area (Å²) in [4.78, 5) is 0. The van der Waals surface area contributed by atoms with Crippen LogP contribution in [-0.2, 0) is 9.16 Å². The zero-order valence-electron chi connectivity index (χ0n) is 10.5. The lowest BCUT2D eigenvalue weighted by atomic mass is 9.89. The molecule has 3 heteroatoms. The van der Waals surface area contributed by atoms with Gasteiger partial charge in [0, 0.05) is 0 Å². The molecule has 1 aromatic carbocycles. The van der Waals surface area contributed by atoms with Gasteiger partial charge >= 0.3 is 0 Å². The van der Waals surface area contributed by atoms with Crippen LogP contribution in [0.5, 0.6) is 0 Å². The highest BCUT2D eigenvalue weighted by molar-refractivity contribution is 6.69. The van der Waals surface area contributed by atoms with Crippen LogP contribution in [-0.4, -0.2) is 20.5 Å². The second-order valence-corrected chi connectivity index (χ2v) is 10.1. The van der Waals surface area contributed by atoms with E-state index in [1.165, 1.54) is 5.56 Å². The van der Waals surface area contributed by atoms with Crippen LogP contribution in [0.15, 0.2) is 30.3 Å². The first kappa shape index (κ1) is 11.8. The Kier molecular flexibility index (Phi) is 2.95. The third kappa shape index (κ3) is 2.37. The first-order valence-electron chi connectivity index (χ1n) is 5.77. The molecule has 0 unspecified atom stereocenters. The molecule has 0 aromatic heterocycles. The van der Waals surface area contributed by atoms with Gasteiger partial charge in [-0.2, -0.15) is 0 Å². The number of benzene rings is 1. The van der Waals surface area contributed by atoms with Crippen molar-refractivity contribution >= 4 is 8.32 Å². The Balaban J connectivity index is 2.14. The molecule has 0 saturated carbocycles. The molecule has 1 aliphatic heterocycles. The van der Waals surface area contributed by atoms with Gasteiger partial charge < -0.3 is 9.16 Å². The van der Waals surface area contributed by atoms with Gasteiger partial charge in [0.25, 0.3) is 0 Å². The smallest absolute Gasteiger partial charge is 0.184 e. The van der Waals surface area contributed by atoms with Gasteiger partial charge in [-0.05, 0) is 32.1 Å². The molecule has 1 heterocycles. The second kappa shape index (κ2) is 3.98. The quantitative estimate of drug-likeness (QED) is 0.749. The standard InChI is InChI=1S/C13H20O2Si/c1-13(15-16(2,3)4)10-14-12(13)11-8-6-5-7-9-11/h5-9,12H,10H2,1-4H3/t12-,13+/m1/s1. The van der Waals surface area contributed by atoms with Gasteiger partial charge in [-0.1, -0.05) is 30.3 Å². The van der Waals surface area contributed by atoms with Crippen LogP contribution in [0.2, 0.25) is 19.6 Å². The first-order chi connectivity index (χ1) is 7.41. The first-order valence-corrected chi connectivity index (χ1v) is 9.18. The molecule has 0 bridgehead atoms.